The lowest BCUT2D eigenvalue weighted by molar-refractivity contribution is 0.0556. The number of hydrogen-bond donors (Lipinski definition) is 0. The molecule has 0 aliphatic carbocycles. The molecule has 2 aliphatic rings. The molecule has 15 heavy (non-hydrogen) atoms. The summed E-state index contributed by atoms with van der Waals surface area (Å²) in [7, 11) is 2.20. The summed E-state index contributed by atoms with van der Waals surface area (Å²) in [6.07, 6.45) is 2.35. The summed E-state index contributed by atoms with van der Waals surface area (Å²) in [5.74, 6) is 0. The molecule has 3 rings (SSSR count). The number of likely N-dealkylation sites (N-methyl/N-ethyl adjacent to an activating group) is 1. The first-order valence-corrected chi connectivity index (χ1v) is 5.70. The summed E-state index contributed by atoms with van der Waals surface area (Å²) in [6.45, 7) is 3.00. The highest BCUT2D eigenvalue weighted by Crippen LogP contribution is 2.45. The van der Waals surface area contributed by atoms with Gasteiger partial charge in [-0.2, -0.15) is 0 Å². The van der Waals surface area contributed by atoms with Crippen LogP contribution in [0.1, 0.15) is 18.4 Å². The Morgan fingerprint density at radius 3 is 2.73 bits per heavy atom. The maximum absolute atomic E-state index is 5.49. The zero-order valence-corrected chi connectivity index (χ0v) is 9.20. The summed E-state index contributed by atoms with van der Waals surface area (Å²) in [5, 5.41) is 0. The van der Waals surface area contributed by atoms with Crippen LogP contribution in [-0.2, 0) is 10.2 Å². The molecule has 0 unspecified atom stereocenters. The molecule has 1 aromatic rings. The Bertz CT molecular complexity index is 369. The normalized spacial score (nSPS) is 23.1. The average molecular weight is 203 g/mol. The van der Waals surface area contributed by atoms with Gasteiger partial charge in [0, 0.05) is 37.9 Å². The van der Waals surface area contributed by atoms with E-state index in [1.54, 1.807) is 0 Å². The van der Waals surface area contributed by atoms with Crippen molar-refractivity contribution < 1.29 is 4.74 Å². The van der Waals surface area contributed by atoms with Crippen LogP contribution < -0.4 is 4.90 Å². The SMILES string of the molecule is CN1CC2(CCOCC2)c2ccccc21. The van der Waals surface area contributed by atoms with Crippen molar-refractivity contribution in [1.29, 1.82) is 0 Å². The third-order valence-electron chi connectivity index (χ3n) is 3.88. The molecular weight excluding hydrogens is 186 g/mol. The van der Waals surface area contributed by atoms with Gasteiger partial charge in [0.1, 0.15) is 0 Å². The van der Waals surface area contributed by atoms with E-state index < -0.39 is 0 Å². The minimum Gasteiger partial charge on any atom is -0.381 e. The van der Waals surface area contributed by atoms with Gasteiger partial charge < -0.3 is 9.64 Å². The van der Waals surface area contributed by atoms with Crippen molar-refractivity contribution in [3.8, 4) is 0 Å². The molecule has 0 N–H and O–H groups in total. The van der Waals surface area contributed by atoms with Gasteiger partial charge in [0.25, 0.3) is 0 Å². The zero-order chi connectivity index (χ0) is 10.3. The highest BCUT2D eigenvalue weighted by molar-refractivity contribution is 5.62. The lowest BCUT2D eigenvalue weighted by Crippen LogP contribution is -2.37. The Balaban J connectivity index is 2.06. The fourth-order valence-corrected chi connectivity index (χ4v) is 3.07. The average Bonchev–Trinajstić information content (AvgIpc) is 2.55. The molecule has 1 saturated heterocycles. The molecule has 1 aromatic carbocycles. The molecule has 2 heteroatoms. The van der Waals surface area contributed by atoms with Gasteiger partial charge in [0.05, 0.1) is 0 Å². The van der Waals surface area contributed by atoms with Gasteiger partial charge in [0.15, 0.2) is 0 Å². The predicted octanol–water partition coefficient (Wildman–Crippen LogP) is 2.18. The maximum atomic E-state index is 5.49. The predicted molar refractivity (Wildman–Crippen MR) is 61.4 cm³/mol. The lowest BCUT2D eigenvalue weighted by Gasteiger charge is -2.33. The van der Waals surface area contributed by atoms with Crippen LogP contribution in [0.15, 0.2) is 24.3 Å². The Morgan fingerprint density at radius 1 is 1.20 bits per heavy atom. The maximum Gasteiger partial charge on any atom is 0.0475 e. The largest absolute Gasteiger partial charge is 0.381 e. The second kappa shape index (κ2) is 3.24. The number of benzene rings is 1. The summed E-state index contributed by atoms with van der Waals surface area (Å²) in [6, 6.07) is 8.83. The number of nitrogens with zero attached hydrogens (tertiary/aromatic N) is 1. The molecule has 2 aliphatic heterocycles. The molecule has 0 atom stereocenters. The molecule has 2 nitrogen and oxygen atoms in total. The first kappa shape index (κ1) is 9.22. The van der Waals surface area contributed by atoms with Gasteiger partial charge in [-0.05, 0) is 24.5 Å². The number of para-hydroxylation sites is 1. The molecule has 0 aromatic heterocycles. The van der Waals surface area contributed by atoms with Crippen molar-refractivity contribution in [2.24, 2.45) is 0 Å². The Morgan fingerprint density at radius 2 is 1.93 bits per heavy atom. The van der Waals surface area contributed by atoms with Crippen LogP contribution in [0.4, 0.5) is 5.69 Å². The van der Waals surface area contributed by atoms with Crippen LogP contribution in [-0.4, -0.2) is 26.8 Å². The molecule has 0 saturated carbocycles. The first-order chi connectivity index (χ1) is 7.32. The summed E-state index contributed by atoms with van der Waals surface area (Å²) in [5.41, 5.74) is 3.33. The summed E-state index contributed by atoms with van der Waals surface area (Å²) >= 11 is 0. The molecular formula is C13H17NO. The van der Waals surface area contributed by atoms with Crippen molar-refractivity contribution in [3.05, 3.63) is 29.8 Å². The number of hydrogen-bond acceptors (Lipinski definition) is 2. The Labute approximate surface area is 90.8 Å². The van der Waals surface area contributed by atoms with Gasteiger partial charge in [-0.3, -0.25) is 0 Å². The zero-order valence-electron chi connectivity index (χ0n) is 9.20. The van der Waals surface area contributed by atoms with Crippen molar-refractivity contribution in [2.45, 2.75) is 18.3 Å². The van der Waals surface area contributed by atoms with E-state index in [0.717, 1.165) is 19.8 Å². The second-order valence-corrected chi connectivity index (χ2v) is 4.77. The highest BCUT2D eigenvalue weighted by Gasteiger charge is 2.42. The van der Waals surface area contributed by atoms with Crippen LogP contribution in [0, 0.1) is 0 Å². The van der Waals surface area contributed by atoms with Crippen LogP contribution in [0.25, 0.3) is 0 Å². The summed E-state index contributed by atoms with van der Waals surface area (Å²) in [4.78, 5) is 2.39. The quantitative estimate of drug-likeness (QED) is 0.641. The molecule has 1 spiro atoms. The molecule has 0 bridgehead atoms. The standard InChI is InChI=1S/C13H17NO/c1-14-10-13(6-8-15-9-7-13)11-4-2-3-5-12(11)14/h2-5H,6-10H2,1H3. The fourth-order valence-electron chi connectivity index (χ4n) is 3.07. The van der Waals surface area contributed by atoms with Crippen LogP contribution in [0.2, 0.25) is 0 Å². The second-order valence-electron chi connectivity index (χ2n) is 4.77. The number of fused-ring (bicyclic) bond motifs is 2. The number of rotatable bonds is 0. The van der Waals surface area contributed by atoms with E-state index in [9.17, 15) is 0 Å². The Kier molecular flexibility index (Phi) is 1.99. The van der Waals surface area contributed by atoms with Gasteiger partial charge in [-0.25, -0.2) is 0 Å². The molecule has 0 radical (unpaired) electrons. The van der Waals surface area contributed by atoms with Crippen LogP contribution in [0.3, 0.4) is 0 Å². The van der Waals surface area contributed by atoms with E-state index in [4.69, 9.17) is 4.74 Å². The third kappa shape index (κ3) is 1.28. The molecule has 80 valence electrons. The molecule has 2 heterocycles. The van der Waals surface area contributed by atoms with Crippen molar-refractivity contribution in [2.75, 3.05) is 31.7 Å². The number of anilines is 1. The van der Waals surface area contributed by atoms with E-state index >= 15 is 0 Å². The van der Waals surface area contributed by atoms with Gasteiger partial charge in [0.2, 0.25) is 0 Å². The van der Waals surface area contributed by atoms with Crippen molar-refractivity contribution >= 4 is 5.69 Å². The van der Waals surface area contributed by atoms with Gasteiger partial charge in [-0.15, -0.1) is 0 Å². The third-order valence-corrected chi connectivity index (χ3v) is 3.88. The van der Waals surface area contributed by atoms with E-state index in [1.165, 1.54) is 24.1 Å². The number of ether oxygens (including phenoxy) is 1. The van der Waals surface area contributed by atoms with Gasteiger partial charge >= 0.3 is 0 Å². The smallest absolute Gasteiger partial charge is 0.0475 e. The fraction of sp³-hybridized carbons (Fsp3) is 0.538. The summed E-state index contributed by atoms with van der Waals surface area (Å²) < 4.78 is 5.49. The first-order valence-electron chi connectivity index (χ1n) is 5.70. The van der Waals surface area contributed by atoms with Gasteiger partial charge in [-0.1, -0.05) is 18.2 Å². The Hall–Kier alpha value is -1.02. The minimum absolute atomic E-state index is 0.379. The molecule has 0 amide bonds. The highest BCUT2D eigenvalue weighted by atomic mass is 16.5. The molecule has 1 fully saturated rings. The van der Waals surface area contributed by atoms with Crippen molar-refractivity contribution in [3.63, 3.8) is 0 Å². The van der Waals surface area contributed by atoms with Crippen LogP contribution >= 0.6 is 0 Å². The van der Waals surface area contributed by atoms with Crippen LogP contribution in [0.5, 0.6) is 0 Å². The van der Waals surface area contributed by atoms with E-state index in [1.807, 2.05) is 0 Å². The van der Waals surface area contributed by atoms with E-state index in [-0.39, 0.29) is 0 Å². The van der Waals surface area contributed by atoms with E-state index in [2.05, 4.69) is 36.2 Å². The topological polar surface area (TPSA) is 12.5 Å². The minimum atomic E-state index is 0.379. The monoisotopic (exact) mass is 203 g/mol. The van der Waals surface area contributed by atoms with Crippen molar-refractivity contribution in [1.82, 2.24) is 0 Å². The lowest BCUT2D eigenvalue weighted by atomic mass is 9.76. The van der Waals surface area contributed by atoms with E-state index in [0.29, 0.717) is 5.41 Å².